The Labute approximate surface area is 186 Å². The van der Waals surface area contributed by atoms with E-state index in [4.69, 9.17) is 9.47 Å². The fourth-order valence-corrected chi connectivity index (χ4v) is 3.26. The van der Waals surface area contributed by atoms with Crippen molar-refractivity contribution in [3.63, 3.8) is 0 Å². The fourth-order valence-electron chi connectivity index (χ4n) is 3.26. The van der Waals surface area contributed by atoms with E-state index in [2.05, 4.69) is 10.3 Å². The molecule has 0 bridgehead atoms. The van der Waals surface area contributed by atoms with Crippen molar-refractivity contribution in [1.82, 2.24) is 15.2 Å². The van der Waals surface area contributed by atoms with E-state index >= 15 is 0 Å². The lowest BCUT2D eigenvalue weighted by atomic mass is 10.2. The van der Waals surface area contributed by atoms with E-state index in [1.807, 2.05) is 6.07 Å². The topological polar surface area (TPSA) is 101 Å². The summed E-state index contributed by atoms with van der Waals surface area (Å²) in [6.45, 7) is 7.21. The van der Waals surface area contributed by atoms with Gasteiger partial charge in [0, 0.05) is 30.4 Å². The van der Waals surface area contributed by atoms with Gasteiger partial charge in [-0.05, 0) is 57.5 Å². The number of amides is 2. The third-order valence-electron chi connectivity index (χ3n) is 4.64. The van der Waals surface area contributed by atoms with Crippen molar-refractivity contribution in [2.75, 3.05) is 13.1 Å². The highest BCUT2D eigenvalue weighted by molar-refractivity contribution is 5.94. The maximum atomic E-state index is 13.6. The third-order valence-corrected chi connectivity index (χ3v) is 4.64. The van der Waals surface area contributed by atoms with Crippen molar-refractivity contribution in [2.45, 2.75) is 52.1 Å². The van der Waals surface area contributed by atoms with E-state index in [0.29, 0.717) is 22.9 Å². The normalized spacial score (nSPS) is 18.4. The van der Waals surface area contributed by atoms with Gasteiger partial charge in [-0.15, -0.1) is 0 Å². The van der Waals surface area contributed by atoms with Gasteiger partial charge in [-0.2, -0.15) is 0 Å². The van der Waals surface area contributed by atoms with Gasteiger partial charge in [0.1, 0.15) is 23.6 Å². The molecule has 172 valence electrons. The Morgan fingerprint density at radius 3 is 2.66 bits per heavy atom. The minimum absolute atomic E-state index is 0.0431. The lowest BCUT2D eigenvalue weighted by Crippen LogP contribution is -2.32. The first-order valence-corrected chi connectivity index (χ1v) is 10.3. The summed E-state index contributed by atoms with van der Waals surface area (Å²) in [6, 6.07) is 9.98. The van der Waals surface area contributed by atoms with Gasteiger partial charge >= 0.3 is 6.09 Å². The van der Waals surface area contributed by atoms with Crippen LogP contribution < -0.4 is 10.1 Å². The van der Waals surface area contributed by atoms with Crippen LogP contribution in [0.25, 0.3) is 0 Å². The number of aryl methyl sites for hydroxylation is 1. The van der Waals surface area contributed by atoms with Gasteiger partial charge in [0.2, 0.25) is 5.88 Å². The molecule has 0 radical (unpaired) electrons. The van der Waals surface area contributed by atoms with Gasteiger partial charge < -0.3 is 24.8 Å². The number of aliphatic hydroxyl groups is 1. The number of nitrogens with zero attached hydrogens (tertiary/aromatic N) is 2. The molecule has 2 amide bonds. The molecular formula is C23H28FN3O5. The highest BCUT2D eigenvalue weighted by Gasteiger charge is 2.34. The van der Waals surface area contributed by atoms with Gasteiger partial charge in [0.15, 0.2) is 0 Å². The molecule has 9 heteroatoms. The molecule has 2 N–H and O–H groups in total. The molecule has 0 spiro atoms. The molecule has 2 aromatic rings. The van der Waals surface area contributed by atoms with E-state index in [1.54, 1.807) is 58.0 Å². The van der Waals surface area contributed by atoms with Crippen LogP contribution >= 0.6 is 0 Å². The van der Waals surface area contributed by atoms with Crippen LogP contribution in [0, 0.1) is 6.92 Å². The van der Waals surface area contributed by atoms with Crippen molar-refractivity contribution in [3.8, 4) is 11.6 Å². The van der Waals surface area contributed by atoms with Crippen LogP contribution in [-0.2, 0) is 11.3 Å². The second kappa shape index (κ2) is 9.52. The zero-order valence-corrected chi connectivity index (χ0v) is 18.6. The molecule has 1 aromatic carbocycles. The molecule has 3 rings (SSSR count). The van der Waals surface area contributed by atoms with Crippen LogP contribution in [0.2, 0.25) is 0 Å². The number of hydrogen-bond acceptors (Lipinski definition) is 6. The minimum atomic E-state index is -1.44. The van der Waals surface area contributed by atoms with Crippen LogP contribution in [0.5, 0.6) is 11.6 Å². The largest absolute Gasteiger partial charge is 0.444 e. The maximum absolute atomic E-state index is 13.6. The van der Waals surface area contributed by atoms with Crippen LogP contribution in [-0.4, -0.2) is 58.0 Å². The maximum Gasteiger partial charge on any atom is 0.407 e. The Kier molecular flexibility index (Phi) is 6.98. The van der Waals surface area contributed by atoms with Crippen molar-refractivity contribution in [3.05, 3.63) is 53.2 Å². The summed E-state index contributed by atoms with van der Waals surface area (Å²) in [5, 5.41) is 12.3. The number of hydrogen-bond donors (Lipinski definition) is 2. The van der Waals surface area contributed by atoms with E-state index in [-0.39, 0.29) is 25.5 Å². The number of halogens is 1. The summed E-state index contributed by atoms with van der Waals surface area (Å²) < 4.78 is 24.6. The number of alkyl halides is 1. The number of likely N-dealkylation sites (tertiary alicyclic amines) is 1. The quantitative estimate of drug-likeness (QED) is 0.732. The summed E-state index contributed by atoms with van der Waals surface area (Å²) >= 11 is 0. The Balaban J connectivity index is 1.68. The first-order chi connectivity index (χ1) is 15.0. The van der Waals surface area contributed by atoms with Gasteiger partial charge in [0.25, 0.3) is 5.91 Å². The number of β-amino-alcohol motifs (C(OH)–C–C–N with tert-alkyl or cyclic N) is 1. The number of aromatic nitrogens is 1. The fraction of sp³-hybridized carbons (Fsp3) is 0.435. The monoisotopic (exact) mass is 445 g/mol. The minimum Gasteiger partial charge on any atom is -0.444 e. The van der Waals surface area contributed by atoms with Gasteiger partial charge in [-0.25, -0.2) is 14.2 Å². The molecule has 0 saturated carbocycles. The predicted octanol–water partition coefficient (Wildman–Crippen LogP) is 3.36. The lowest BCUT2D eigenvalue weighted by molar-refractivity contribution is 0.0523. The number of alkyl carbamates (subject to hydrolysis) is 1. The summed E-state index contributed by atoms with van der Waals surface area (Å²) in [4.78, 5) is 30.1. The van der Waals surface area contributed by atoms with Crippen LogP contribution in [0.4, 0.5) is 9.18 Å². The first-order valence-electron chi connectivity index (χ1n) is 10.3. The molecular weight excluding hydrogens is 417 g/mol. The lowest BCUT2D eigenvalue weighted by Gasteiger charge is -2.19. The number of pyridine rings is 1. The van der Waals surface area contributed by atoms with E-state index in [1.165, 1.54) is 4.90 Å². The number of carbonyl (C=O) groups excluding carboxylic acids is 2. The molecule has 32 heavy (non-hydrogen) atoms. The van der Waals surface area contributed by atoms with Crippen molar-refractivity contribution in [2.24, 2.45) is 0 Å². The molecule has 1 aromatic heterocycles. The molecule has 1 aliphatic rings. The number of nitrogens with one attached hydrogen (secondary N) is 1. The highest BCUT2D eigenvalue weighted by atomic mass is 19.1. The number of carbonyl (C=O) groups is 2. The molecule has 0 aliphatic carbocycles. The van der Waals surface area contributed by atoms with Gasteiger partial charge in [-0.3, -0.25) is 4.79 Å². The van der Waals surface area contributed by atoms with Crippen LogP contribution in [0.1, 0.15) is 42.4 Å². The highest BCUT2D eigenvalue weighted by Crippen LogP contribution is 2.24. The Morgan fingerprint density at radius 1 is 1.25 bits per heavy atom. The predicted molar refractivity (Wildman–Crippen MR) is 115 cm³/mol. The smallest absolute Gasteiger partial charge is 0.407 e. The number of aliphatic hydroxyl groups excluding tert-OH is 1. The van der Waals surface area contributed by atoms with Crippen LogP contribution in [0.3, 0.4) is 0 Å². The Bertz CT molecular complexity index is 982. The SMILES string of the molecule is Cc1cc(CNC(=O)OC(C)(C)C)cc(Oc2cccc(C(=O)N3CC(O)C(F)C3)c2)n1. The van der Waals surface area contributed by atoms with E-state index < -0.39 is 24.0 Å². The third kappa shape index (κ3) is 6.40. The molecule has 8 nitrogen and oxygen atoms in total. The molecule has 2 atom stereocenters. The Morgan fingerprint density at radius 2 is 2.00 bits per heavy atom. The van der Waals surface area contributed by atoms with E-state index in [9.17, 15) is 19.1 Å². The number of rotatable bonds is 5. The first kappa shape index (κ1) is 23.5. The average Bonchev–Trinajstić information content (AvgIpc) is 3.03. The van der Waals surface area contributed by atoms with Crippen molar-refractivity contribution in [1.29, 1.82) is 0 Å². The second-order valence-electron chi connectivity index (χ2n) is 8.73. The van der Waals surface area contributed by atoms with Crippen molar-refractivity contribution < 1.29 is 28.6 Å². The van der Waals surface area contributed by atoms with E-state index in [0.717, 1.165) is 5.56 Å². The van der Waals surface area contributed by atoms with Gasteiger partial charge in [-0.1, -0.05) is 6.07 Å². The standard InChI is InChI=1S/C23H28FN3O5/c1-14-8-15(11-25-22(30)32-23(2,3)4)9-20(26-14)31-17-7-5-6-16(10-17)21(29)27-12-18(24)19(28)13-27/h5-10,18-19,28H,11-13H2,1-4H3,(H,25,30). The van der Waals surface area contributed by atoms with Crippen molar-refractivity contribution >= 4 is 12.0 Å². The summed E-state index contributed by atoms with van der Waals surface area (Å²) in [5.74, 6) is 0.307. The molecule has 2 heterocycles. The molecule has 1 aliphatic heterocycles. The van der Waals surface area contributed by atoms with Crippen LogP contribution in [0.15, 0.2) is 36.4 Å². The molecule has 1 saturated heterocycles. The Hall–Kier alpha value is -3.20. The number of ether oxygens (including phenoxy) is 2. The molecule has 1 fully saturated rings. The average molecular weight is 445 g/mol. The summed E-state index contributed by atoms with van der Waals surface area (Å²) in [7, 11) is 0. The zero-order valence-electron chi connectivity index (χ0n) is 18.6. The second-order valence-corrected chi connectivity index (χ2v) is 8.73. The zero-order chi connectivity index (χ0) is 23.5. The number of benzene rings is 1. The molecule has 2 unspecified atom stereocenters. The van der Waals surface area contributed by atoms with Gasteiger partial charge in [0.05, 0.1) is 6.54 Å². The summed E-state index contributed by atoms with van der Waals surface area (Å²) in [6.07, 6.45) is -3.13. The summed E-state index contributed by atoms with van der Waals surface area (Å²) in [5.41, 5.74) is 1.19.